The van der Waals surface area contributed by atoms with Crippen molar-refractivity contribution in [3.05, 3.63) is 48.5 Å². The Morgan fingerprint density at radius 1 is 1.30 bits per heavy atom. The minimum atomic E-state index is -1.69. The number of alkyl halides is 1. The minimum absolute atomic E-state index is 0.0158. The number of fused-ring (bicyclic) bond motifs is 1. The fourth-order valence-electron chi connectivity index (χ4n) is 3.02. The summed E-state index contributed by atoms with van der Waals surface area (Å²) in [6.45, 7) is -0.0158. The van der Waals surface area contributed by atoms with Crippen molar-refractivity contribution < 1.29 is 19.0 Å². The predicted octanol–water partition coefficient (Wildman–Crippen LogP) is 0.634. The highest BCUT2D eigenvalue weighted by Crippen LogP contribution is 2.33. The van der Waals surface area contributed by atoms with Gasteiger partial charge in [0.1, 0.15) is 18.5 Å². The molecule has 4 atom stereocenters. The van der Waals surface area contributed by atoms with E-state index in [9.17, 15) is 14.3 Å². The van der Waals surface area contributed by atoms with Gasteiger partial charge in [-0.05, 0) is 12.1 Å². The highest BCUT2D eigenvalue weighted by Gasteiger charge is 2.45. The SMILES string of the molecule is NC[C@H]1O[C@H](n2cnc3c(NC(=O)c4ccccc4)ncnc32)[C@H](F)[C@@H]1O. The number of rotatable bonds is 4. The molecule has 0 bridgehead atoms. The van der Waals surface area contributed by atoms with E-state index in [1.807, 2.05) is 0 Å². The second-order valence-electron chi connectivity index (χ2n) is 6.10. The lowest BCUT2D eigenvalue weighted by Crippen LogP contribution is -2.33. The molecule has 0 unspecified atom stereocenters. The van der Waals surface area contributed by atoms with Gasteiger partial charge in [0.05, 0.1) is 6.33 Å². The number of aliphatic hydroxyl groups is 1. The first-order valence-corrected chi connectivity index (χ1v) is 8.31. The molecule has 0 saturated carbocycles. The third-order valence-corrected chi connectivity index (χ3v) is 4.43. The number of hydrogen-bond donors (Lipinski definition) is 3. The van der Waals surface area contributed by atoms with Crippen LogP contribution < -0.4 is 11.1 Å². The Hall–Kier alpha value is -2.95. The number of benzene rings is 1. The lowest BCUT2D eigenvalue weighted by molar-refractivity contribution is -0.0180. The zero-order valence-corrected chi connectivity index (χ0v) is 14.1. The van der Waals surface area contributed by atoms with Crippen LogP contribution in [0.2, 0.25) is 0 Å². The van der Waals surface area contributed by atoms with E-state index in [0.29, 0.717) is 5.56 Å². The lowest BCUT2D eigenvalue weighted by atomic mass is 10.1. The summed E-state index contributed by atoms with van der Waals surface area (Å²) in [5.41, 5.74) is 6.51. The van der Waals surface area contributed by atoms with Crippen molar-refractivity contribution in [3.8, 4) is 0 Å². The summed E-state index contributed by atoms with van der Waals surface area (Å²) in [5.74, 6) is -0.166. The fraction of sp³-hybridized carbons (Fsp3) is 0.294. The number of halogens is 1. The summed E-state index contributed by atoms with van der Waals surface area (Å²) >= 11 is 0. The first kappa shape index (κ1) is 17.5. The maximum Gasteiger partial charge on any atom is 0.256 e. The summed E-state index contributed by atoms with van der Waals surface area (Å²) < 4.78 is 21.3. The molecular formula is C17H17FN6O3. The zero-order valence-electron chi connectivity index (χ0n) is 14.1. The molecule has 4 N–H and O–H groups in total. The van der Waals surface area contributed by atoms with Gasteiger partial charge in [-0.3, -0.25) is 9.36 Å². The van der Waals surface area contributed by atoms with Gasteiger partial charge in [-0.2, -0.15) is 0 Å². The van der Waals surface area contributed by atoms with E-state index in [2.05, 4.69) is 20.3 Å². The molecule has 9 nitrogen and oxygen atoms in total. The highest BCUT2D eigenvalue weighted by atomic mass is 19.1. The first-order valence-electron chi connectivity index (χ1n) is 8.31. The van der Waals surface area contributed by atoms with E-state index in [1.54, 1.807) is 30.3 Å². The minimum Gasteiger partial charge on any atom is -0.387 e. The molecule has 1 aliphatic heterocycles. The second kappa shape index (κ2) is 6.99. The first-order chi connectivity index (χ1) is 13.1. The molecule has 3 heterocycles. The number of nitrogens with zero attached hydrogens (tertiary/aromatic N) is 4. The molecular weight excluding hydrogens is 355 g/mol. The van der Waals surface area contributed by atoms with Crippen LogP contribution in [-0.4, -0.2) is 55.5 Å². The third-order valence-electron chi connectivity index (χ3n) is 4.43. The Morgan fingerprint density at radius 3 is 2.78 bits per heavy atom. The van der Waals surface area contributed by atoms with Crippen LogP contribution in [0.1, 0.15) is 16.6 Å². The Morgan fingerprint density at radius 2 is 2.07 bits per heavy atom. The smallest absolute Gasteiger partial charge is 0.256 e. The third kappa shape index (κ3) is 3.03. The second-order valence-corrected chi connectivity index (χ2v) is 6.10. The Balaban J connectivity index is 1.65. The molecule has 1 fully saturated rings. The van der Waals surface area contributed by atoms with Crippen LogP contribution in [0.4, 0.5) is 10.2 Å². The summed E-state index contributed by atoms with van der Waals surface area (Å²) in [6, 6.07) is 8.63. The van der Waals surface area contributed by atoms with Gasteiger partial charge in [0, 0.05) is 12.1 Å². The lowest BCUT2D eigenvalue weighted by Gasteiger charge is -2.15. The molecule has 1 saturated heterocycles. The molecule has 10 heteroatoms. The Labute approximate surface area is 153 Å². The number of amides is 1. The number of aromatic nitrogens is 4. The van der Waals surface area contributed by atoms with Crippen molar-refractivity contribution in [2.24, 2.45) is 5.73 Å². The molecule has 1 aromatic carbocycles. The van der Waals surface area contributed by atoms with Gasteiger partial charge < -0.3 is 20.9 Å². The molecule has 1 aliphatic rings. The van der Waals surface area contributed by atoms with Crippen LogP contribution in [0, 0.1) is 0 Å². The summed E-state index contributed by atoms with van der Waals surface area (Å²) in [5, 5.41) is 12.6. The van der Waals surface area contributed by atoms with E-state index in [-0.39, 0.29) is 29.4 Å². The van der Waals surface area contributed by atoms with Gasteiger partial charge in [0.15, 0.2) is 29.4 Å². The largest absolute Gasteiger partial charge is 0.387 e. The van der Waals surface area contributed by atoms with Crippen molar-refractivity contribution in [3.63, 3.8) is 0 Å². The molecule has 1 amide bonds. The van der Waals surface area contributed by atoms with Gasteiger partial charge in [-0.25, -0.2) is 19.3 Å². The van der Waals surface area contributed by atoms with Crippen LogP contribution in [0.3, 0.4) is 0 Å². The molecule has 0 radical (unpaired) electrons. The topological polar surface area (TPSA) is 128 Å². The van der Waals surface area contributed by atoms with Crippen LogP contribution in [0.15, 0.2) is 43.0 Å². The predicted molar refractivity (Wildman–Crippen MR) is 93.6 cm³/mol. The van der Waals surface area contributed by atoms with Crippen LogP contribution in [-0.2, 0) is 4.74 Å². The molecule has 4 rings (SSSR count). The standard InChI is InChI=1S/C17H17FN6O3/c18-11-13(25)10(6-19)27-17(11)24-8-22-12-14(20-7-21-15(12)24)23-16(26)9-4-2-1-3-5-9/h1-5,7-8,10-11,13,17,25H,6,19H2,(H,20,21,23,26)/t10-,11-,13-,17+/m1/s1. The number of hydrogen-bond acceptors (Lipinski definition) is 7. The van der Waals surface area contributed by atoms with Crippen LogP contribution >= 0.6 is 0 Å². The summed E-state index contributed by atoms with van der Waals surface area (Å²) in [6.07, 6.45) is -2.39. The number of nitrogens with one attached hydrogen (secondary N) is 1. The van der Waals surface area contributed by atoms with E-state index >= 15 is 0 Å². The van der Waals surface area contributed by atoms with Crippen molar-refractivity contribution in [1.29, 1.82) is 0 Å². The number of carbonyl (C=O) groups is 1. The quantitative estimate of drug-likeness (QED) is 0.613. The number of anilines is 1. The Kier molecular flexibility index (Phi) is 4.52. The summed E-state index contributed by atoms with van der Waals surface area (Å²) in [4.78, 5) is 24.7. The fourth-order valence-corrected chi connectivity index (χ4v) is 3.02. The molecule has 0 spiro atoms. The number of imidazole rings is 1. The monoisotopic (exact) mass is 372 g/mol. The van der Waals surface area contributed by atoms with Crippen molar-refractivity contribution in [2.75, 3.05) is 11.9 Å². The molecule has 140 valence electrons. The number of nitrogens with two attached hydrogens (primary N) is 1. The number of ether oxygens (including phenoxy) is 1. The van der Waals surface area contributed by atoms with Gasteiger partial charge in [-0.1, -0.05) is 18.2 Å². The average Bonchev–Trinajstić information content (AvgIpc) is 3.25. The molecule has 3 aromatic rings. The van der Waals surface area contributed by atoms with Gasteiger partial charge >= 0.3 is 0 Å². The maximum absolute atomic E-state index is 14.4. The van der Waals surface area contributed by atoms with E-state index in [0.717, 1.165) is 0 Å². The maximum atomic E-state index is 14.4. The average molecular weight is 372 g/mol. The van der Waals surface area contributed by atoms with Gasteiger partial charge in [0.2, 0.25) is 0 Å². The van der Waals surface area contributed by atoms with Crippen LogP contribution in [0.5, 0.6) is 0 Å². The molecule has 0 aliphatic carbocycles. The van der Waals surface area contributed by atoms with Crippen LogP contribution in [0.25, 0.3) is 11.2 Å². The number of aliphatic hydroxyl groups excluding tert-OH is 1. The van der Waals surface area contributed by atoms with E-state index in [4.69, 9.17) is 10.5 Å². The van der Waals surface area contributed by atoms with E-state index < -0.39 is 24.6 Å². The van der Waals surface area contributed by atoms with Gasteiger partial charge in [0.25, 0.3) is 5.91 Å². The van der Waals surface area contributed by atoms with E-state index in [1.165, 1.54) is 17.2 Å². The van der Waals surface area contributed by atoms with Crippen molar-refractivity contribution in [2.45, 2.75) is 24.6 Å². The molecule has 27 heavy (non-hydrogen) atoms. The van der Waals surface area contributed by atoms with Crippen molar-refractivity contribution >= 4 is 22.9 Å². The summed E-state index contributed by atoms with van der Waals surface area (Å²) in [7, 11) is 0. The van der Waals surface area contributed by atoms with Gasteiger partial charge in [-0.15, -0.1) is 0 Å². The zero-order chi connectivity index (χ0) is 19.0. The Bertz CT molecular complexity index is 966. The molecule has 2 aromatic heterocycles. The normalized spacial score (nSPS) is 25.0. The van der Waals surface area contributed by atoms with Crippen molar-refractivity contribution in [1.82, 2.24) is 19.5 Å². The highest BCUT2D eigenvalue weighted by molar-refractivity contribution is 6.06. The number of carbonyl (C=O) groups excluding carboxylic acids is 1.